The number of benzene rings is 3. The molecule has 0 aliphatic carbocycles. The second-order valence-corrected chi connectivity index (χ2v) is 10.5. The summed E-state index contributed by atoms with van der Waals surface area (Å²) in [4.78, 5) is 4.25. The van der Waals surface area contributed by atoms with E-state index in [-0.39, 0.29) is 21.5 Å². The van der Waals surface area contributed by atoms with Crippen LogP contribution in [0.1, 0.15) is 23.5 Å². The first-order chi connectivity index (χ1) is 16.3. The van der Waals surface area contributed by atoms with E-state index in [1.54, 1.807) is 30.3 Å². The summed E-state index contributed by atoms with van der Waals surface area (Å²) in [6.07, 6.45) is 0.671. The fourth-order valence-electron chi connectivity index (χ4n) is 3.65. The molecule has 0 saturated heterocycles. The Hall–Kier alpha value is -2.97. The van der Waals surface area contributed by atoms with Gasteiger partial charge in [-0.3, -0.25) is 0 Å². The van der Waals surface area contributed by atoms with Crippen molar-refractivity contribution in [3.63, 3.8) is 0 Å². The van der Waals surface area contributed by atoms with Crippen LogP contribution in [0, 0.1) is 0 Å². The van der Waals surface area contributed by atoms with Crippen molar-refractivity contribution in [2.75, 3.05) is 6.54 Å². The number of hydrogen-bond acceptors (Lipinski definition) is 3. The van der Waals surface area contributed by atoms with Crippen LogP contribution in [0.2, 0.25) is 5.02 Å². The summed E-state index contributed by atoms with van der Waals surface area (Å²) < 4.78 is 30.0. The van der Waals surface area contributed by atoms with Crippen molar-refractivity contribution in [2.45, 2.75) is 17.2 Å². The van der Waals surface area contributed by atoms with E-state index in [0.29, 0.717) is 18.0 Å². The standard InChI is InChI=1S/C24H22ClN5O2SSe/c25-19-13-11-18(12-14-19)22-21(17-7-3-1-4-8-17)15-16-30(28-22)24(27-23(26)34)29-33(31,32)20-9-5-2-6-10-20/h1-14,21H,15-16H2,(H3,26,27,29,34). The van der Waals surface area contributed by atoms with Crippen molar-refractivity contribution in [3.05, 3.63) is 101 Å². The SMILES string of the molecule is N/C([SeH])=N/C(=N/S(=O)(=O)c1ccccc1)N1CCC(c2ccccc2)C(c2ccc(Cl)cc2)=N1. The fourth-order valence-corrected chi connectivity index (χ4v) is 4.92. The number of hydrazone groups is 1. The quantitative estimate of drug-likeness (QED) is 0.301. The van der Waals surface area contributed by atoms with Gasteiger partial charge in [0.1, 0.15) is 0 Å². The van der Waals surface area contributed by atoms with Crippen molar-refractivity contribution in [3.8, 4) is 0 Å². The Bertz CT molecular complexity index is 1340. The molecule has 0 saturated carbocycles. The second kappa shape index (κ2) is 10.5. The van der Waals surface area contributed by atoms with Gasteiger partial charge in [0.05, 0.1) is 0 Å². The zero-order valence-corrected chi connectivity index (χ0v) is 21.4. The van der Waals surface area contributed by atoms with Gasteiger partial charge in [-0.15, -0.1) is 0 Å². The second-order valence-electron chi connectivity index (χ2n) is 7.52. The Kier molecular flexibility index (Phi) is 7.48. The number of rotatable bonds is 4. The molecule has 1 atom stereocenters. The zero-order valence-electron chi connectivity index (χ0n) is 18.0. The van der Waals surface area contributed by atoms with E-state index in [0.717, 1.165) is 16.8 Å². The summed E-state index contributed by atoms with van der Waals surface area (Å²) in [5.74, 6) is -0.0932. The van der Waals surface area contributed by atoms with Crippen LogP contribution in [0.4, 0.5) is 0 Å². The molecule has 174 valence electrons. The van der Waals surface area contributed by atoms with Crippen molar-refractivity contribution in [1.29, 1.82) is 0 Å². The number of amidine groups is 1. The van der Waals surface area contributed by atoms with Crippen molar-refractivity contribution in [1.82, 2.24) is 5.01 Å². The maximum absolute atomic E-state index is 12.9. The Morgan fingerprint density at radius 2 is 1.62 bits per heavy atom. The third-order valence-electron chi connectivity index (χ3n) is 5.22. The first-order valence-corrected chi connectivity index (χ1v) is 13.2. The van der Waals surface area contributed by atoms with Gasteiger partial charge in [-0.05, 0) is 0 Å². The monoisotopic (exact) mass is 559 g/mol. The van der Waals surface area contributed by atoms with Gasteiger partial charge < -0.3 is 0 Å². The molecule has 1 unspecified atom stereocenters. The molecule has 2 N–H and O–H groups in total. The third-order valence-corrected chi connectivity index (χ3v) is 6.95. The third kappa shape index (κ3) is 5.74. The molecule has 10 heteroatoms. The molecule has 0 amide bonds. The first-order valence-electron chi connectivity index (χ1n) is 10.4. The van der Waals surface area contributed by atoms with Gasteiger partial charge in [-0.2, -0.15) is 0 Å². The Morgan fingerprint density at radius 3 is 2.24 bits per heavy atom. The van der Waals surface area contributed by atoms with Crippen LogP contribution >= 0.6 is 11.6 Å². The topological polar surface area (TPSA) is 100 Å². The van der Waals surface area contributed by atoms with Crippen LogP contribution < -0.4 is 5.73 Å². The van der Waals surface area contributed by atoms with Crippen LogP contribution in [-0.2, 0) is 10.0 Å². The molecule has 0 aromatic heterocycles. The molecule has 7 nitrogen and oxygen atoms in total. The first kappa shape index (κ1) is 24.2. The Morgan fingerprint density at radius 1 is 1.00 bits per heavy atom. The number of nitrogens with two attached hydrogens (primary N) is 1. The number of aliphatic imine (C=N–C) groups is 1. The molecule has 1 aliphatic rings. The van der Waals surface area contributed by atoms with Gasteiger partial charge >= 0.3 is 213 Å². The molecule has 3 aromatic carbocycles. The Balaban J connectivity index is 1.81. The van der Waals surface area contributed by atoms with Crippen LogP contribution in [-0.4, -0.2) is 52.4 Å². The summed E-state index contributed by atoms with van der Waals surface area (Å²) in [7, 11) is -4.02. The summed E-state index contributed by atoms with van der Waals surface area (Å²) >= 11 is 8.18. The minimum atomic E-state index is -4.02. The molecule has 1 heterocycles. The van der Waals surface area contributed by atoms with E-state index in [4.69, 9.17) is 22.4 Å². The summed E-state index contributed by atoms with van der Waals surface area (Å²) in [6.45, 7) is 0.406. The van der Waals surface area contributed by atoms with Gasteiger partial charge in [0, 0.05) is 0 Å². The molecular formula is C24H22ClN5O2SSe. The summed E-state index contributed by atoms with van der Waals surface area (Å²) in [5, 5.41) is 6.92. The molecule has 1 aliphatic heterocycles. The van der Waals surface area contributed by atoms with Gasteiger partial charge in [0.25, 0.3) is 0 Å². The molecule has 34 heavy (non-hydrogen) atoms. The predicted octanol–water partition coefficient (Wildman–Crippen LogP) is 3.49. The van der Waals surface area contributed by atoms with E-state index in [9.17, 15) is 8.42 Å². The van der Waals surface area contributed by atoms with Crippen LogP contribution in [0.5, 0.6) is 0 Å². The Labute approximate surface area is 211 Å². The van der Waals surface area contributed by atoms with E-state index in [1.165, 1.54) is 17.1 Å². The minimum absolute atomic E-state index is 0.00402. The van der Waals surface area contributed by atoms with Gasteiger partial charge in [-0.1, -0.05) is 0 Å². The number of sulfonamides is 1. The summed E-state index contributed by atoms with van der Waals surface area (Å²) in [6, 6.07) is 25.4. The average molecular weight is 559 g/mol. The van der Waals surface area contributed by atoms with E-state index in [1.807, 2.05) is 30.3 Å². The van der Waals surface area contributed by atoms with E-state index in [2.05, 4.69) is 37.5 Å². The van der Waals surface area contributed by atoms with Crippen LogP contribution in [0.3, 0.4) is 0 Å². The number of guanidine groups is 1. The maximum atomic E-state index is 12.9. The van der Waals surface area contributed by atoms with Gasteiger partial charge in [0.2, 0.25) is 0 Å². The zero-order chi connectivity index (χ0) is 24.1. The van der Waals surface area contributed by atoms with Crippen molar-refractivity contribution >= 4 is 54.0 Å². The summed E-state index contributed by atoms with van der Waals surface area (Å²) in [5.41, 5.74) is 8.54. The number of halogens is 1. The fraction of sp³-hybridized carbons (Fsp3) is 0.125. The average Bonchev–Trinajstić information content (AvgIpc) is 2.84. The van der Waals surface area contributed by atoms with Crippen LogP contribution in [0.25, 0.3) is 0 Å². The van der Waals surface area contributed by atoms with E-state index < -0.39 is 10.0 Å². The molecule has 3 aromatic rings. The number of nitrogens with zero attached hydrogens (tertiary/aromatic N) is 4. The molecule has 0 radical (unpaired) electrons. The normalized spacial score (nSPS) is 17.4. The molecule has 0 bridgehead atoms. The predicted molar refractivity (Wildman–Crippen MR) is 138 cm³/mol. The van der Waals surface area contributed by atoms with E-state index >= 15 is 0 Å². The van der Waals surface area contributed by atoms with Gasteiger partial charge in [-0.25, -0.2) is 0 Å². The molecular weight excluding hydrogens is 537 g/mol. The molecule has 0 fully saturated rings. The molecule has 4 rings (SSSR count). The van der Waals surface area contributed by atoms with Crippen molar-refractivity contribution in [2.24, 2.45) is 20.2 Å². The van der Waals surface area contributed by atoms with Crippen LogP contribution in [0.15, 0.2) is 104 Å². The number of hydrogen-bond donors (Lipinski definition) is 1. The molecule has 0 spiro atoms. The van der Waals surface area contributed by atoms with Crippen molar-refractivity contribution < 1.29 is 8.42 Å². The van der Waals surface area contributed by atoms with Gasteiger partial charge in [0.15, 0.2) is 0 Å².